The van der Waals surface area contributed by atoms with Crippen molar-refractivity contribution in [3.63, 3.8) is 0 Å². The minimum absolute atomic E-state index is 0.0843. The van der Waals surface area contributed by atoms with Crippen LogP contribution in [0.3, 0.4) is 0 Å². The summed E-state index contributed by atoms with van der Waals surface area (Å²) in [6, 6.07) is 7.22. The summed E-state index contributed by atoms with van der Waals surface area (Å²) in [5.41, 5.74) is 1.61. The normalized spacial score (nSPS) is 12.2. The fourth-order valence-electron chi connectivity index (χ4n) is 2.55. The number of benzene rings is 1. The molecule has 1 aromatic heterocycles. The maximum atomic E-state index is 12.2. The average molecular weight is 398 g/mol. The molecule has 0 amide bonds. The molecule has 2 N–H and O–H groups in total. The minimum atomic E-state index is -4.32. The summed E-state index contributed by atoms with van der Waals surface area (Å²) in [5.74, 6) is 1.55. The predicted molar refractivity (Wildman–Crippen MR) is 99.8 cm³/mol. The minimum Gasteiger partial charge on any atom is -0.367 e. The van der Waals surface area contributed by atoms with Crippen LogP contribution in [0, 0.1) is 0 Å². The Balaban J connectivity index is 1.77. The topological polar surface area (TPSA) is 76.4 Å². The Morgan fingerprint density at radius 1 is 1.25 bits per heavy atom. The van der Waals surface area contributed by atoms with Crippen molar-refractivity contribution in [3.05, 3.63) is 47.5 Å². The van der Waals surface area contributed by atoms with Crippen LogP contribution in [0.25, 0.3) is 0 Å². The maximum absolute atomic E-state index is 12.2. The average Bonchev–Trinajstić information content (AvgIpc) is 3.11. The highest BCUT2D eigenvalue weighted by Gasteiger charge is 2.27. The Morgan fingerprint density at radius 2 is 2.04 bits per heavy atom. The number of nitrogens with one attached hydrogen (secondary N) is 2. The molecule has 0 saturated carbocycles. The largest absolute Gasteiger partial charge is 0.411 e. The van der Waals surface area contributed by atoms with Crippen molar-refractivity contribution in [1.29, 1.82) is 0 Å². The third-order valence-electron chi connectivity index (χ3n) is 3.87. The van der Waals surface area contributed by atoms with Gasteiger partial charge in [-0.15, -0.1) is 10.2 Å². The highest BCUT2D eigenvalue weighted by molar-refractivity contribution is 5.79. The number of aryl methyl sites for hydroxylation is 1. The summed E-state index contributed by atoms with van der Waals surface area (Å²) >= 11 is 0. The number of rotatable bonds is 9. The Bertz CT molecular complexity index is 760. The molecular weight excluding hydrogens is 373 g/mol. The molecule has 1 aromatic carbocycles. The van der Waals surface area contributed by atoms with E-state index in [9.17, 15) is 13.2 Å². The zero-order chi connectivity index (χ0) is 20.4. The van der Waals surface area contributed by atoms with Crippen LogP contribution in [0.15, 0.2) is 35.6 Å². The first-order valence-corrected chi connectivity index (χ1v) is 8.94. The van der Waals surface area contributed by atoms with Crippen molar-refractivity contribution in [3.8, 4) is 0 Å². The van der Waals surface area contributed by atoms with Crippen molar-refractivity contribution in [2.45, 2.75) is 39.2 Å². The molecule has 0 saturated heterocycles. The van der Waals surface area contributed by atoms with Gasteiger partial charge in [0.05, 0.1) is 6.61 Å². The summed E-state index contributed by atoms with van der Waals surface area (Å²) < 4.78 is 43.1. The lowest BCUT2D eigenvalue weighted by molar-refractivity contribution is -0.176. The van der Waals surface area contributed by atoms with Gasteiger partial charge >= 0.3 is 6.18 Å². The number of aliphatic imine (C=N–C) groups is 1. The van der Waals surface area contributed by atoms with Gasteiger partial charge in [-0.25, -0.2) is 0 Å². The molecule has 0 aliphatic heterocycles. The standard InChI is InChI=1S/C18H25F3N6O/c1-3-16-26-25-13-27(16)8-7-23-17(22-2)24-10-14-5-4-6-15(9-14)11-28-12-18(19,20)21/h4-6,9,13H,3,7-8,10-12H2,1-2H3,(H2,22,23,24). The van der Waals surface area contributed by atoms with Gasteiger partial charge in [-0.05, 0) is 11.1 Å². The smallest absolute Gasteiger partial charge is 0.367 e. The van der Waals surface area contributed by atoms with E-state index < -0.39 is 12.8 Å². The number of halogens is 3. The van der Waals surface area contributed by atoms with Crippen LogP contribution in [0.4, 0.5) is 13.2 Å². The van der Waals surface area contributed by atoms with E-state index in [0.29, 0.717) is 31.2 Å². The molecule has 0 spiro atoms. The second-order valence-corrected chi connectivity index (χ2v) is 6.07. The van der Waals surface area contributed by atoms with Gasteiger partial charge < -0.3 is 19.9 Å². The number of ether oxygens (including phenoxy) is 1. The van der Waals surface area contributed by atoms with Gasteiger partial charge in [-0.2, -0.15) is 13.2 Å². The first-order chi connectivity index (χ1) is 13.4. The molecule has 0 radical (unpaired) electrons. The monoisotopic (exact) mass is 398 g/mol. The van der Waals surface area contributed by atoms with E-state index in [-0.39, 0.29) is 6.61 Å². The molecule has 1 heterocycles. The Kier molecular flexibility index (Phi) is 8.24. The molecule has 0 bridgehead atoms. The van der Waals surface area contributed by atoms with E-state index in [0.717, 1.165) is 17.8 Å². The summed E-state index contributed by atoms with van der Waals surface area (Å²) in [4.78, 5) is 4.17. The third kappa shape index (κ3) is 7.55. The van der Waals surface area contributed by atoms with Crippen LogP contribution in [0.2, 0.25) is 0 Å². The zero-order valence-electron chi connectivity index (χ0n) is 16.0. The predicted octanol–water partition coefficient (Wildman–Crippen LogP) is 2.28. The number of alkyl halides is 3. The van der Waals surface area contributed by atoms with E-state index in [1.807, 2.05) is 17.6 Å². The summed E-state index contributed by atoms with van der Waals surface area (Å²) in [7, 11) is 1.67. The first kappa shape index (κ1) is 21.7. The van der Waals surface area contributed by atoms with Gasteiger partial charge in [0.25, 0.3) is 0 Å². The maximum Gasteiger partial charge on any atom is 0.411 e. The number of hydrogen-bond donors (Lipinski definition) is 2. The van der Waals surface area contributed by atoms with Gasteiger partial charge in [0, 0.05) is 33.1 Å². The number of guanidine groups is 1. The van der Waals surface area contributed by atoms with Gasteiger partial charge in [0.2, 0.25) is 0 Å². The molecule has 2 rings (SSSR count). The van der Waals surface area contributed by atoms with Crippen LogP contribution < -0.4 is 10.6 Å². The number of hydrogen-bond acceptors (Lipinski definition) is 4. The molecule has 7 nitrogen and oxygen atoms in total. The Morgan fingerprint density at radius 3 is 2.75 bits per heavy atom. The SMILES string of the molecule is CCc1nncn1CCNC(=NC)NCc1cccc(COCC(F)(F)F)c1. The zero-order valence-corrected chi connectivity index (χ0v) is 16.0. The van der Waals surface area contributed by atoms with Gasteiger partial charge in [0.1, 0.15) is 18.8 Å². The van der Waals surface area contributed by atoms with Crippen molar-refractivity contribution in [1.82, 2.24) is 25.4 Å². The second-order valence-electron chi connectivity index (χ2n) is 6.07. The third-order valence-corrected chi connectivity index (χ3v) is 3.87. The fraction of sp³-hybridized carbons (Fsp3) is 0.500. The van der Waals surface area contributed by atoms with Crippen molar-refractivity contribution in [2.24, 2.45) is 4.99 Å². The Hall–Kier alpha value is -2.62. The quantitative estimate of drug-likeness (QED) is 0.501. The van der Waals surface area contributed by atoms with E-state index in [4.69, 9.17) is 4.74 Å². The number of nitrogens with zero attached hydrogens (tertiary/aromatic N) is 4. The highest BCUT2D eigenvalue weighted by Crippen LogP contribution is 2.16. The van der Waals surface area contributed by atoms with E-state index in [1.165, 1.54) is 0 Å². The lowest BCUT2D eigenvalue weighted by Crippen LogP contribution is -2.38. The summed E-state index contributed by atoms with van der Waals surface area (Å²) in [6.07, 6.45) is -1.80. The van der Waals surface area contributed by atoms with E-state index in [2.05, 4.69) is 25.8 Å². The van der Waals surface area contributed by atoms with Gasteiger partial charge in [-0.1, -0.05) is 31.2 Å². The van der Waals surface area contributed by atoms with Crippen LogP contribution in [0.5, 0.6) is 0 Å². The van der Waals surface area contributed by atoms with Crippen molar-refractivity contribution in [2.75, 3.05) is 20.2 Å². The Labute approximate surface area is 162 Å². The molecule has 0 fully saturated rings. The van der Waals surface area contributed by atoms with Gasteiger partial charge in [0.15, 0.2) is 5.96 Å². The van der Waals surface area contributed by atoms with Crippen LogP contribution in [-0.2, 0) is 30.9 Å². The molecule has 0 unspecified atom stereocenters. The molecule has 28 heavy (non-hydrogen) atoms. The fourth-order valence-corrected chi connectivity index (χ4v) is 2.55. The molecule has 10 heteroatoms. The van der Waals surface area contributed by atoms with Crippen LogP contribution >= 0.6 is 0 Å². The van der Waals surface area contributed by atoms with Crippen molar-refractivity contribution < 1.29 is 17.9 Å². The first-order valence-electron chi connectivity index (χ1n) is 8.94. The molecular formula is C18H25F3N6O. The van der Waals surface area contributed by atoms with Crippen LogP contribution in [0.1, 0.15) is 23.9 Å². The van der Waals surface area contributed by atoms with Crippen LogP contribution in [-0.4, -0.2) is 47.1 Å². The molecule has 154 valence electrons. The summed E-state index contributed by atoms with van der Waals surface area (Å²) in [6.45, 7) is 2.53. The van der Waals surface area contributed by atoms with Gasteiger partial charge in [-0.3, -0.25) is 4.99 Å². The summed E-state index contributed by atoms with van der Waals surface area (Å²) in [5, 5.41) is 14.3. The lowest BCUT2D eigenvalue weighted by Gasteiger charge is -2.13. The molecule has 0 aliphatic carbocycles. The number of aromatic nitrogens is 3. The molecule has 0 aliphatic rings. The van der Waals surface area contributed by atoms with E-state index in [1.54, 1.807) is 31.6 Å². The molecule has 0 atom stereocenters. The lowest BCUT2D eigenvalue weighted by atomic mass is 10.1. The van der Waals surface area contributed by atoms with E-state index >= 15 is 0 Å². The van der Waals surface area contributed by atoms with Crippen molar-refractivity contribution >= 4 is 5.96 Å². The highest BCUT2D eigenvalue weighted by atomic mass is 19.4. The second kappa shape index (κ2) is 10.6. The molecule has 2 aromatic rings.